The fourth-order valence-electron chi connectivity index (χ4n) is 2.74. The Morgan fingerprint density at radius 2 is 1.43 bits per heavy atom. The van der Waals surface area contributed by atoms with Gasteiger partial charge < -0.3 is 20.7 Å². The Labute approximate surface area is 175 Å². The Bertz CT molecular complexity index is 1030. The highest BCUT2D eigenvalue weighted by Gasteiger charge is 2.05. The molecule has 0 fully saturated rings. The summed E-state index contributed by atoms with van der Waals surface area (Å²) < 4.78 is 5.55. The van der Waals surface area contributed by atoms with Gasteiger partial charge in [0.15, 0.2) is 0 Å². The van der Waals surface area contributed by atoms with Crippen LogP contribution in [-0.4, -0.2) is 18.5 Å². The second-order valence-electron chi connectivity index (χ2n) is 6.32. The molecule has 3 rings (SSSR count). The quantitative estimate of drug-likeness (QED) is 0.465. The van der Waals surface area contributed by atoms with Gasteiger partial charge in [0, 0.05) is 28.7 Å². The van der Waals surface area contributed by atoms with Gasteiger partial charge in [-0.05, 0) is 49.4 Å². The minimum Gasteiger partial charge on any atom is -0.493 e. The Hall–Kier alpha value is -4.06. The van der Waals surface area contributed by atoms with Gasteiger partial charge in [0.1, 0.15) is 5.75 Å². The first kappa shape index (κ1) is 20.7. The normalized spacial score (nSPS) is 10.4. The van der Waals surface area contributed by atoms with Crippen LogP contribution in [0.4, 0.5) is 21.9 Å². The second kappa shape index (κ2) is 10.5. The molecule has 0 spiro atoms. The number of para-hydroxylation sites is 2. The Kier molecular flexibility index (Phi) is 7.22. The van der Waals surface area contributed by atoms with Crippen LogP contribution in [-0.2, 0) is 4.79 Å². The maximum Gasteiger partial charge on any atom is 0.323 e. The summed E-state index contributed by atoms with van der Waals surface area (Å²) in [5.74, 6) is 0.437. The molecule has 30 heavy (non-hydrogen) atoms. The Balaban J connectivity index is 1.59. The molecule has 0 radical (unpaired) electrons. The van der Waals surface area contributed by atoms with Crippen molar-refractivity contribution >= 4 is 35.1 Å². The van der Waals surface area contributed by atoms with Crippen molar-refractivity contribution in [3.63, 3.8) is 0 Å². The Morgan fingerprint density at radius 1 is 0.800 bits per heavy atom. The second-order valence-corrected chi connectivity index (χ2v) is 6.32. The Morgan fingerprint density at radius 3 is 2.20 bits per heavy atom. The third-order valence-electron chi connectivity index (χ3n) is 4.05. The number of urea groups is 1. The van der Waals surface area contributed by atoms with Crippen molar-refractivity contribution in [2.24, 2.45) is 0 Å². The number of amides is 3. The lowest BCUT2D eigenvalue weighted by Crippen LogP contribution is -2.19. The van der Waals surface area contributed by atoms with Gasteiger partial charge in [0.05, 0.1) is 6.61 Å². The molecule has 0 aliphatic rings. The molecule has 0 unspecified atom stereocenters. The van der Waals surface area contributed by atoms with Crippen molar-refractivity contribution in [3.8, 4) is 5.75 Å². The predicted octanol–water partition coefficient (Wildman–Crippen LogP) is 5.38. The summed E-state index contributed by atoms with van der Waals surface area (Å²) >= 11 is 0. The van der Waals surface area contributed by atoms with Gasteiger partial charge in [-0.2, -0.15) is 0 Å². The molecule has 3 aromatic carbocycles. The van der Waals surface area contributed by atoms with E-state index in [2.05, 4.69) is 16.0 Å². The molecule has 6 nitrogen and oxygen atoms in total. The first-order chi connectivity index (χ1) is 14.6. The zero-order chi connectivity index (χ0) is 21.2. The van der Waals surface area contributed by atoms with Gasteiger partial charge in [0.2, 0.25) is 5.91 Å². The lowest BCUT2D eigenvalue weighted by molar-refractivity contribution is -0.111. The van der Waals surface area contributed by atoms with Crippen LogP contribution in [0, 0.1) is 0 Å². The van der Waals surface area contributed by atoms with Gasteiger partial charge in [-0.15, -0.1) is 0 Å². The number of carbonyl (C=O) groups is 2. The van der Waals surface area contributed by atoms with E-state index in [-0.39, 0.29) is 11.9 Å². The van der Waals surface area contributed by atoms with E-state index in [0.29, 0.717) is 23.7 Å². The van der Waals surface area contributed by atoms with Crippen LogP contribution >= 0.6 is 0 Å². The lowest BCUT2D eigenvalue weighted by atomic mass is 10.2. The molecule has 3 aromatic rings. The highest BCUT2D eigenvalue weighted by atomic mass is 16.5. The predicted molar refractivity (Wildman–Crippen MR) is 121 cm³/mol. The molecule has 0 bridgehead atoms. The summed E-state index contributed by atoms with van der Waals surface area (Å²) in [5, 5.41) is 8.28. The zero-order valence-corrected chi connectivity index (χ0v) is 16.6. The van der Waals surface area contributed by atoms with Crippen LogP contribution in [0.5, 0.6) is 5.75 Å². The summed E-state index contributed by atoms with van der Waals surface area (Å²) in [6.07, 6.45) is 3.15. The topological polar surface area (TPSA) is 79.5 Å². The molecule has 0 aliphatic carbocycles. The van der Waals surface area contributed by atoms with Crippen LogP contribution in [0.3, 0.4) is 0 Å². The van der Waals surface area contributed by atoms with E-state index in [1.54, 1.807) is 42.5 Å². The lowest BCUT2D eigenvalue weighted by Gasteiger charge is -2.09. The first-order valence-corrected chi connectivity index (χ1v) is 9.58. The van der Waals surface area contributed by atoms with Crippen molar-refractivity contribution in [3.05, 3.63) is 90.5 Å². The summed E-state index contributed by atoms with van der Waals surface area (Å²) in [5.41, 5.74) is 2.64. The number of benzene rings is 3. The minimum atomic E-state index is -0.364. The summed E-state index contributed by atoms with van der Waals surface area (Å²) in [4.78, 5) is 24.4. The SMILES string of the molecule is CCOc1ccccc1/C=C/C(=O)Nc1cccc(NC(=O)Nc2ccccc2)c1. The van der Waals surface area contributed by atoms with Crippen LogP contribution in [0.1, 0.15) is 12.5 Å². The van der Waals surface area contributed by atoms with Gasteiger partial charge in [-0.25, -0.2) is 4.79 Å². The van der Waals surface area contributed by atoms with E-state index < -0.39 is 0 Å². The average molecular weight is 401 g/mol. The molecular formula is C24H23N3O3. The number of hydrogen-bond acceptors (Lipinski definition) is 3. The number of nitrogens with one attached hydrogen (secondary N) is 3. The molecular weight excluding hydrogens is 378 g/mol. The van der Waals surface area contributed by atoms with Crippen molar-refractivity contribution in [2.75, 3.05) is 22.6 Å². The van der Waals surface area contributed by atoms with Crippen molar-refractivity contribution in [1.82, 2.24) is 0 Å². The summed E-state index contributed by atoms with van der Waals surface area (Å²) in [7, 11) is 0. The van der Waals surface area contributed by atoms with E-state index in [0.717, 1.165) is 11.3 Å². The van der Waals surface area contributed by atoms with Gasteiger partial charge in [0.25, 0.3) is 0 Å². The number of ether oxygens (including phenoxy) is 1. The van der Waals surface area contributed by atoms with Crippen molar-refractivity contribution in [1.29, 1.82) is 0 Å². The van der Waals surface area contributed by atoms with E-state index >= 15 is 0 Å². The van der Waals surface area contributed by atoms with E-state index in [1.165, 1.54) is 6.08 Å². The average Bonchev–Trinajstić information content (AvgIpc) is 2.74. The molecule has 0 atom stereocenters. The van der Waals surface area contributed by atoms with Crippen molar-refractivity contribution in [2.45, 2.75) is 6.92 Å². The summed E-state index contributed by atoms with van der Waals surface area (Å²) in [6.45, 7) is 2.46. The molecule has 3 N–H and O–H groups in total. The number of carbonyl (C=O) groups excluding carboxylic acids is 2. The van der Waals surface area contributed by atoms with E-state index in [1.807, 2.05) is 49.4 Å². The fourth-order valence-corrected chi connectivity index (χ4v) is 2.74. The smallest absolute Gasteiger partial charge is 0.323 e. The monoisotopic (exact) mass is 401 g/mol. The maximum atomic E-state index is 12.3. The van der Waals surface area contributed by atoms with Crippen LogP contribution in [0.25, 0.3) is 6.08 Å². The highest BCUT2D eigenvalue weighted by molar-refractivity contribution is 6.03. The molecule has 6 heteroatoms. The first-order valence-electron chi connectivity index (χ1n) is 9.58. The molecule has 0 aliphatic heterocycles. The minimum absolute atomic E-state index is 0.285. The molecule has 0 saturated heterocycles. The highest BCUT2D eigenvalue weighted by Crippen LogP contribution is 2.20. The van der Waals surface area contributed by atoms with Gasteiger partial charge >= 0.3 is 6.03 Å². The van der Waals surface area contributed by atoms with Crippen LogP contribution in [0.15, 0.2) is 84.9 Å². The van der Waals surface area contributed by atoms with Gasteiger partial charge in [-0.1, -0.05) is 42.5 Å². The van der Waals surface area contributed by atoms with Crippen LogP contribution in [0.2, 0.25) is 0 Å². The maximum absolute atomic E-state index is 12.3. The van der Waals surface area contributed by atoms with E-state index in [9.17, 15) is 9.59 Å². The molecule has 0 aromatic heterocycles. The number of anilines is 3. The largest absolute Gasteiger partial charge is 0.493 e. The third kappa shape index (κ3) is 6.24. The fraction of sp³-hybridized carbons (Fsp3) is 0.0833. The molecule has 152 valence electrons. The van der Waals surface area contributed by atoms with Crippen molar-refractivity contribution < 1.29 is 14.3 Å². The molecule has 0 heterocycles. The molecule has 3 amide bonds. The summed E-state index contributed by atoms with van der Waals surface area (Å²) in [6, 6.07) is 23.2. The third-order valence-corrected chi connectivity index (χ3v) is 4.05. The van der Waals surface area contributed by atoms with Gasteiger partial charge in [-0.3, -0.25) is 4.79 Å². The standard InChI is InChI=1S/C24H23N3O3/c1-2-30-22-14-7-6-9-18(22)15-16-23(28)25-20-12-8-13-21(17-20)27-24(29)26-19-10-4-3-5-11-19/h3-17H,2H2,1H3,(H,25,28)(H2,26,27,29)/b16-15+. The van der Waals surface area contributed by atoms with Crippen LogP contribution < -0.4 is 20.7 Å². The number of rotatable bonds is 7. The zero-order valence-electron chi connectivity index (χ0n) is 16.6. The number of hydrogen-bond donors (Lipinski definition) is 3. The van der Waals surface area contributed by atoms with E-state index in [4.69, 9.17) is 4.74 Å². The molecule has 0 saturated carbocycles.